The van der Waals surface area contributed by atoms with Crippen LogP contribution in [0.25, 0.3) is 0 Å². The summed E-state index contributed by atoms with van der Waals surface area (Å²) in [6.07, 6.45) is -0.262. The van der Waals surface area contributed by atoms with Gasteiger partial charge >= 0.3 is 0 Å². The number of carbonyl (C=O) groups is 3. The van der Waals surface area contributed by atoms with Crippen molar-refractivity contribution in [2.75, 3.05) is 24.2 Å². The summed E-state index contributed by atoms with van der Waals surface area (Å²) in [5.41, 5.74) is 1.64. The van der Waals surface area contributed by atoms with Crippen LogP contribution in [0.1, 0.15) is 36.2 Å². The molecule has 170 valence electrons. The zero-order chi connectivity index (χ0) is 23.6. The lowest BCUT2D eigenvalue weighted by Gasteiger charge is -2.27. The topological polar surface area (TPSA) is 122 Å². The molecule has 0 aliphatic carbocycles. The molecule has 0 saturated heterocycles. The van der Waals surface area contributed by atoms with E-state index < -0.39 is 28.6 Å². The van der Waals surface area contributed by atoms with E-state index in [0.29, 0.717) is 28.9 Å². The Morgan fingerprint density at radius 1 is 1.22 bits per heavy atom. The fraction of sp³-hybridized carbons (Fsp3) is 0.318. The lowest BCUT2D eigenvalue weighted by Crippen LogP contribution is -2.37. The first-order valence-corrected chi connectivity index (χ1v) is 11.5. The molecule has 1 aliphatic heterocycles. The van der Waals surface area contributed by atoms with Crippen molar-refractivity contribution in [1.29, 1.82) is 0 Å². The second-order valence-corrected chi connectivity index (χ2v) is 9.58. The van der Waals surface area contributed by atoms with Gasteiger partial charge in [-0.2, -0.15) is 4.31 Å². The molecule has 10 heteroatoms. The summed E-state index contributed by atoms with van der Waals surface area (Å²) >= 11 is 0. The van der Waals surface area contributed by atoms with Gasteiger partial charge in [-0.3, -0.25) is 14.4 Å². The van der Waals surface area contributed by atoms with E-state index in [1.165, 1.54) is 32.2 Å². The fourth-order valence-electron chi connectivity index (χ4n) is 3.30. The minimum atomic E-state index is -4.02. The third-order valence-electron chi connectivity index (χ3n) is 5.07. The number of nitrogens with zero attached hydrogens (tertiary/aromatic N) is 1. The minimum absolute atomic E-state index is 0.0175. The lowest BCUT2D eigenvalue weighted by molar-refractivity contribution is -0.123. The van der Waals surface area contributed by atoms with Crippen molar-refractivity contribution in [2.45, 2.75) is 38.2 Å². The number of Topliss-reactive ketones (excluding diaryl/α,β-unsaturated/α-hetero) is 1. The Hall–Kier alpha value is -3.24. The van der Waals surface area contributed by atoms with E-state index in [1.807, 2.05) is 0 Å². The van der Waals surface area contributed by atoms with Crippen molar-refractivity contribution < 1.29 is 27.5 Å². The van der Waals surface area contributed by atoms with Crippen LogP contribution in [0.2, 0.25) is 0 Å². The van der Waals surface area contributed by atoms with Crippen molar-refractivity contribution >= 4 is 39.0 Å². The Kier molecular flexibility index (Phi) is 6.65. The second-order valence-electron chi connectivity index (χ2n) is 7.56. The number of likely N-dealkylation sites (N-methyl/N-ethyl adjacent to an activating group) is 1. The van der Waals surface area contributed by atoms with Gasteiger partial charge in [0.05, 0.1) is 17.1 Å². The molecule has 1 heterocycles. The van der Waals surface area contributed by atoms with Crippen LogP contribution in [0.5, 0.6) is 5.75 Å². The predicted octanol–water partition coefficient (Wildman–Crippen LogP) is 2.57. The third-order valence-corrected chi connectivity index (χ3v) is 7.02. The summed E-state index contributed by atoms with van der Waals surface area (Å²) in [4.78, 5) is 35.9. The first kappa shape index (κ1) is 23.4. The summed E-state index contributed by atoms with van der Waals surface area (Å²) in [5, 5.41) is 5.33. The van der Waals surface area contributed by atoms with Gasteiger partial charge in [-0.15, -0.1) is 0 Å². The van der Waals surface area contributed by atoms with Crippen LogP contribution in [0.15, 0.2) is 41.3 Å². The smallest absolute Gasteiger partial charge is 0.265 e. The molecule has 0 spiro atoms. The highest BCUT2D eigenvalue weighted by Crippen LogP contribution is 2.35. The Morgan fingerprint density at radius 2 is 1.94 bits per heavy atom. The summed E-state index contributed by atoms with van der Waals surface area (Å²) in [7, 11) is -2.72. The number of hydrogen-bond acceptors (Lipinski definition) is 6. The molecule has 2 amide bonds. The highest BCUT2D eigenvalue weighted by Gasteiger charge is 2.31. The average Bonchev–Trinajstić information content (AvgIpc) is 2.72. The van der Waals surface area contributed by atoms with Crippen molar-refractivity contribution in [3.05, 3.63) is 47.5 Å². The number of carbonyl (C=O) groups excluding carboxylic acids is 3. The van der Waals surface area contributed by atoms with Crippen LogP contribution in [0, 0.1) is 6.92 Å². The number of fused-ring (bicyclic) bond motifs is 1. The van der Waals surface area contributed by atoms with Crippen LogP contribution < -0.4 is 15.4 Å². The number of sulfonamides is 1. The van der Waals surface area contributed by atoms with Crippen LogP contribution in [-0.4, -0.2) is 50.0 Å². The Bertz CT molecular complexity index is 1190. The molecule has 2 aromatic carbocycles. The first-order valence-electron chi connectivity index (χ1n) is 10.0. The highest BCUT2D eigenvalue weighted by atomic mass is 32.2. The van der Waals surface area contributed by atoms with E-state index in [-0.39, 0.29) is 22.3 Å². The maximum absolute atomic E-state index is 13.1. The maximum Gasteiger partial charge on any atom is 0.265 e. The van der Waals surface area contributed by atoms with Crippen LogP contribution in [0.3, 0.4) is 0 Å². The molecule has 1 aliphatic rings. The monoisotopic (exact) mass is 459 g/mol. The summed E-state index contributed by atoms with van der Waals surface area (Å²) < 4.78 is 32.9. The lowest BCUT2D eigenvalue weighted by atomic mass is 10.1. The summed E-state index contributed by atoms with van der Waals surface area (Å²) in [5.74, 6) is -0.716. The molecule has 0 radical (unpaired) electrons. The van der Waals surface area contributed by atoms with E-state index in [2.05, 4.69) is 10.6 Å². The number of ketones is 1. The largest absolute Gasteiger partial charge is 0.478 e. The van der Waals surface area contributed by atoms with Gasteiger partial charge in [0.1, 0.15) is 5.75 Å². The van der Waals surface area contributed by atoms with Crippen molar-refractivity contribution in [3.63, 3.8) is 0 Å². The van der Waals surface area contributed by atoms with Crippen molar-refractivity contribution in [2.24, 2.45) is 0 Å². The van der Waals surface area contributed by atoms with Gasteiger partial charge in [-0.05, 0) is 44.0 Å². The summed E-state index contributed by atoms with van der Waals surface area (Å²) in [6, 6.07) is 9.30. The zero-order valence-corrected chi connectivity index (χ0v) is 19.1. The quantitative estimate of drug-likeness (QED) is 0.614. The number of amides is 2. The van der Waals surface area contributed by atoms with Gasteiger partial charge in [-0.1, -0.05) is 19.1 Å². The van der Waals surface area contributed by atoms with Gasteiger partial charge in [0.15, 0.2) is 11.9 Å². The van der Waals surface area contributed by atoms with Crippen molar-refractivity contribution in [3.8, 4) is 5.75 Å². The molecule has 2 aromatic rings. The highest BCUT2D eigenvalue weighted by molar-refractivity contribution is 7.89. The van der Waals surface area contributed by atoms with E-state index >= 15 is 0 Å². The molecule has 3 rings (SSSR count). The third kappa shape index (κ3) is 4.81. The van der Waals surface area contributed by atoms with Crippen LogP contribution in [-0.2, 0) is 19.6 Å². The van der Waals surface area contributed by atoms with Gasteiger partial charge in [-0.25, -0.2) is 8.42 Å². The molecule has 0 fully saturated rings. The minimum Gasteiger partial charge on any atom is -0.478 e. The van der Waals surface area contributed by atoms with Gasteiger partial charge in [0.25, 0.3) is 5.91 Å². The zero-order valence-electron chi connectivity index (χ0n) is 18.3. The molecular formula is C22H25N3O6S. The summed E-state index contributed by atoms with van der Waals surface area (Å²) in [6.45, 7) is 4.38. The second kappa shape index (κ2) is 9.09. The van der Waals surface area contributed by atoms with E-state index in [1.54, 1.807) is 32.0 Å². The van der Waals surface area contributed by atoms with E-state index in [0.717, 1.165) is 4.31 Å². The molecule has 1 unspecified atom stereocenters. The normalized spacial score (nSPS) is 15.5. The number of hydrogen-bond donors (Lipinski definition) is 2. The number of benzene rings is 2. The van der Waals surface area contributed by atoms with Crippen LogP contribution >= 0.6 is 0 Å². The van der Waals surface area contributed by atoms with Gasteiger partial charge < -0.3 is 15.4 Å². The van der Waals surface area contributed by atoms with Gasteiger partial charge in [0.2, 0.25) is 15.9 Å². The van der Waals surface area contributed by atoms with Crippen LogP contribution in [0.4, 0.5) is 11.4 Å². The number of anilines is 2. The number of nitrogens with one attached hydrogen (secondary N) is 2. The Morgan fingerprint density at radius 3 is 2.59 bits per heavy atom. The molecule has 1 atom stereocenters. The molecule has 32 heavy (non-hydrogen) atoms. The number of rotatable bonds is 7. The SMILES string of the molecule is CCC1Oc2cc(S(=O)(=O)N(C)CC(=O)Nc3cccc(C(C)=O)c3)c(C)cc2NC1=O. The first-order chi connectivity index (χ1) is 15.0. The van der Waals surface area contributed by atoms with Gasteiger partial charge in [0, 0.05) is 24.4 Å². The number of aryl methyl sites for hydroxylation is 1. The molecular weight excluding hydrogens is 434 g/mol. The maximum atomic E-state index is 13.1. The molecule has 0 aromatic heterocycles. The molecule has 9 nitrogen and oxygen atoms in total. The van der Waals surface area contributed by atoms with E-state index in [9.17, 15) is 22.8 Å². The standard InChI is InChI=1S/C22H25N3O6S/c1-5-18-22(28)24-17-9-13(2)20(11-19(17)31-18)32(29,30)25(4)12-21(27)23-16-8-6-7-15(10-16)14(3)26/h6-11,18H,5,12H2,1-4H3,(H,23,27)(H,24,28). The molecule has 0 saturated carbocycles. The molecule has 2 N–H and O–H groups in total. The number of ether oxygens (including phenoxy) is 1. The fourth-order valence-corrected chi connectivity index (χ4v) is 4.65. The predicted molar refractivity (Wildman–Crippen MR) is 119 cm³/mol. The molecule has 0 bridgehead atoms. The van der Waals surface area contributed by atoms with E-state index in [4.69, 9.17) is 4.74 Å². The van der Waals surface area contributed by atoms with Crippen molar-refractivity contribution in [1.82, 2.24) is 4.31 Å². The Labute approximate surface area is 186 Å². The Balaban J connectivity index is 1.79. The average molecular weight is 460 g/mol.